The third-order valence-corrected chi connectivity index (χ3v) is 3.89. The summed E-state index contributed by atoms with van der Waals surface area (Å²) in [5, 5.41) is 8.05. The molecule has 1 unspecified atom stereocenters. The second kappa shape index (κ2) is 9.61. The van der Waals surface area contributed by atoms with E-state index in [0.717, 1.165) is 17.7 Å². The van der Waals surface area contributed by atoms with Gasteiger partial charge in [-0.15, -0.1) is 0 Å². The van der Waals surface area contributed by atoms with Crippen LogP contribution < -0.4 is 16.0 Å². The summed E-state index contributed by atoms with van der Waals surface area (Å²) < 4.78 is 39.7. The fourth-order valence-electron chi connectivity index (χ4n) is 2.35. The highest BCUT2D eigenvalue weighted by molar-refractivity contribution is 5.95. The topological polar surface area (TPSA) is 65.5 Å². The molecular weight excluding hydrogens is 357 g/mol. The van der Waals surface area contributed by atoms with E-state index in [9.17, 15) is 18.0 Å². The van der Waals surface area contributed by atoms with Gasteiger partial charge in [-0.2, -0.15) is 0 Å². The summed E-state index contributed by atoms with van der Waals surface area (Å²) in [6.07, 6.45) is 0. The maximum absolute atomic E-state index is 13.6. The minimum Gasteiger partial charge on any atom is -0.356 e. The Balaban J connectivity index is 1.83. The van der Waals surface area contributed by atoms with E-state index in [4.69, 9.17) is 0 Å². The maximum Gasteiger partial charge on any atom is 0.243 e. The second-order valence-electron chi connectivity index (χ2n) is 5.89. The largest absolute Gasteiger partial charge is 0.356 e. The molecule has 0 fully saturated rings. The minimum absolute atomic E-state index is 0.217. The molecule has 27 heavy (non-hydrogen) atoms. The molecule has 1 amide bonds. The SMILES string of the molecule is CN=C(NCC(=O)Nc1ccc(F)c(F)c1F)NCC(C)c1ccccc1. The number of benzene rings is 2. The number of halogens is 3. The number of nitrogens with zero attached hydrogens (tertiary/aromatic N) is 1. The molecule has 3 N–H and O–H groups in total. The molecule has 8 heteroatoms. The summed E-state index contributed by atoms with van der Waals surface area (Å²) in [4.78, 5) is 15.9. The highest BCUT2D eigenvalue weighted by atomic mass is 19.2. The van der Waals surface area contributed by atoms with E-state index in [1.807, 2.05) is 37.3 Å². The van der Waals surface area contributed by atoms with Crippen molar-refractivity contribution in [1.82, 2.24) is 10.6 Å². The Labute approximate surface area is 155 Å². The van der Waals surface area contributed by atoms with Crippen molar-refractivity contribution in [2.45, 2.75) is 12.8 Å². The van der Waals surface area contributed by atoms with Crippen molar-refractivity contribution < 1.29 is 18.0 Å². The van der Waals surface area contributed by atoms with Crippen molar-refractivity contribution in [2.24, 2.45) is 4.99 Å². The van der Waals surface area contributed by atoms with E-state index >= 15 is 0 Å². The first-order chi connectivity index (χ1) is 12.9. The smallest absolute Gasteiger partial charge is 0.243 e. The third kappa shape index (κ3) is 5.73. The summed E-state index contributed by atoms with van der Waals surface area (Å²) in [7, 11) is 1.55. The number of carbonyl (C=O) groups excluding carboxylic acids is 1. The molecule has 2 rings (SSSR count). The fourth-order valence-corrected chi connectivity index (χ4v) is 2.35. The second-order valence-corrected chi connectivity index (χ2v) is 5.89. The monoisotopic (exact) mass is 378 g/mol. The standard InChI is InChI=1S/C19H21F3N4O/c1-12(13-6-4-3-5-7-13)10-24-19(23-2)25-11-16(27)26-15-9-8-14(20)17(21)18(15)22/h3-9,12H,10-11H2,1-2H3,(H,26,27)(H2,23,24,25). The van der Waals surface area contributed by atoms with Crippen molar-refractivity contribution in [3.05, 3.63) is 65.5 Å². The Morgan fingerprint density at radius 1 is 1.04 bits per heavy atom. The molecule has 0 saturated carbocycles. The van der Waals surface area contributed by atoms with Gasteiger partial charge in [0.2, 0.25) is 5.91 Å². The highest BCUT2D eigenvalue weighted by Crippen LogP contribution is 2.19. The van der Waals surface area contributed by atoms with Crippen molar-refractivity contribution in [1.29, 1.82) is 0 Å². The van der Waals surface area contributed by atoms with Gasteiger partial charge in [-0.05, 0) is 23.6 Å². The lowest BCUT2D eigenvalue weighted by molar-refractivity contribution is -0.115. The van der Waals surface area contributed by atoms with Crippen molar-refractivity contribution in [3.63, 3.8) is 0 Å². The molecule has 0 aliphatic carbocycles. The summed E-state index contributed by atoms with van der Waals surface area (Å²) in [5.74, 6) is -4.41. The van der Waals surface area contributed by atoms with Crippen molar-refractivity contribution in [3.8, 4) is 0 Å². The van der Waals surface area contributed by atoms with E-state index in [1.54, 1.807) is 7.05 Å². The molecular formula is C19H21F3N4O. The van der Waals surface area contributed by atoms with E-state index in [0.29, 0.717) is 12.5 Å². The number of guanidine groups is 1. The number of aliphatic imine (C=N–C) groups is 1. The molecule has 0 aliphatic rings. The molecule has 0 radical (unpaired) electrons. The lowest BCUT2D eigenvalue weighted by Crippen LogP contribution is -2.42. The van der Waals surface area contributed by atoms with Crippen molar-refractivity contribution in [2.75, 3.05) is 25.5 Å². The van der Waals surface area contributed by atoms with Crippen LogP contribution in [0.5, 0.6) is 0 Å². The minimum atomic E-state index is -1.63. The van der Waals surface area contributed by atoms with Gasteiger partial charge < -0.3 is 16.0 Å². The third-order valence-electron chi connectivity index (χ3n) is 3.89. The van der Waals surface area contributed by atoms with Crippen LogP contribution in [-0.2, 0) is 4.79 Å². The van der Waals surface area contributed by atoms with Gasteiger partial charge in [0, 0.05) is 13.6 Å². The Bertz CT molecular complexity index is 812. The number of anilines is 1. The normalized spacial score (nSPS) is 12.4. The van der Waals surface area contributed by atoms with Crippen LogP contribution >= 0.6 is 0 Å². The van der Waals surface area contributed by atoms with Gasteiger partial charge in [0.05, 0.1) is 12.2 Å². The average molecular weight is 378 g/mol. The maximum atomic E-state index is 13.6. The molecule has 2 aromatic rings. The lowest BCUT2D eigenvalue weighted by atomic mass is 10.0. The zero-order chi connectivity index (χ0) is 19.8. The first-order valence-electron chi connectivity index (χ1n) is 8.35. The fraction of sp³-hybridized carbons (Fsp3) is 0.263. The van der Waals surface area contributed by atoms with Gasteiger partial charge in [0.1, 0.15) is 0 Å². The molecule has 1 atom stereocenters. The number of hydrogen-bond donors (Lipinski definition) is 3. The molecule has 0 bridgehead atoms. The molecule has 144 valence electrons. The van der Waals surface area contributed by atoms with Gasteiger partial charge in [0.25, 0.3) is 0 Å². The molecule has 0 heterocycles. The van der Waals surface area contributed by atoms with Gasteiger partial charge in [-0.25, -0.2) is 13.2 Å². The van der Waals surface area contributed by atoms with Gasteiger partial charge in [0.15, 0.2) is 23.4 Å². The van der Waals surface area contributed by atoms with Crippen LogP contribution in [0, 0.1) is 17.5 Å². The molecule has 0 aliphatic heterocycles. The van der Waals surface area contributed by atoms with Crippen LogP contribution in [0.3, 0.4) is 0 Å². The predicted molar refractivity (Wildman–Crippen MR) is 99.2 cm³/mol. The summed E-state index contributed by atoms with van der Waals surface area (Å²) in [6.45, 7) is 2.41. The highest BCUT2D eigenvalue weighted by Gasteiger charge is 2.15. The molecule has 0 aromatic heterocycles. The number of amides is 1. The quantitative estimate of drug-likeness (QED) is 0.411. The zero-order valence-corrected chi connectivity index (χ0v) is 15.0. The Morgan fingerprint density at radius 2 is 1.74 bits per heavy atom. The Morgan fingerprint density at radius 3 is 2.41 bits per heavy atom. The lowest BCUT2D eigenvalue weighted by Gasteiger charge is -2.16. The van der Waals surface area contributed by atoms with Crippen LogP contribution in [0.1, 0.15) is 18.4 Å². The Kier molecular flexibility index (Phi) is 7.22. The first kappa shape index (κ1) is 20.3. The van der Waals surface area contributed by atoms with E-state index < -0.39 is 29.0 Å². The number of rotatable bonds is 6. The number of hydrogen-bond acceptors (Lipinski definition) is 2. The van der Waals surface area contributed by atoms with Crippen LogP contribution in [0.25, 0.3) is 0 Å². The van der Waals surface area contributed by atoms with E-state index in [2.05, 4.69) is 20.9 Å². The predicted octanol–water partition coefficient (Wildman–Crippen LogP) is 3.01. The van der Waals surface area contributed by atoms with Crippen LogP contribution in [-0.4, -0.2) is 32.0 Å². The van der Waals surface area contributed by atoms with Crippen LogP contribution in [0.4, 0.5) is 18.9 Å². The Hall–Kier alpha value is -3.03. The van der Waals surface area contributed by atoms with Gasteiger partial charge in [-0.3, -0.25) is 9.79 Å². The van der Waals surface area contributed by atoms with E-state index in [-0.39, 0.29) is 12.5 Å². The molecule has 2 aromatic carbocycles. The zero-order valence-electron chi connectivity index (χ0n) is 15.0. The molecule has 0 saturated heterocycles. The molecule has 0 spiro atoms. The summed E-state index contributed by atoms with van der Waals surface area (Å²) in [6, 6.07) is 11.6. The van der Waals surface area contributed by atoms with Crippen molar-refractivity contribution >= 4 is 17.6 Å². The first-order valence-corrected chi connectivity index (χ1v) is 8.35. The summed E-state index contributed by atoms with van der Waals surface area (Å²) >= 11 is 0. The average Bonchev–Trinajstić information content (AvgIpc) is 2.69. The van der Waals surface area contributed by atoms with Gasteiger partial charge in [-0.1, -0.05) is 37.3 Å². The van der Waals surface area contributed by atoms with Gasteiger partial charge >= 0.3 is 0 Å². The van der Waals surface area contributed by atoms with Crippen LogP contribution in [0.15, 0.2) is 47.5 Å². The number of nitrogens with one attached hydrogen (secondary N) is 3. The van der Waals surface area contributed by atoms with Crippen LogP contribution in [0.2, 0.25) is 0 Å². The van der Waals surface area contributed by atoms with E-state index in [1.165, 1.54) is 0 Å². The summed E-state index contributed by atoms with van der Waals surface area (Å²) in [5.41, 5.74) is 0.730. The molecule has 5 nitrogen and oxygen atoms in total. The number of carbonyl (C=O) groups is 1.